The summed E-state index contributed by atoms with van der Waals surface area (Å²) in [5, 5.41) is 3.27. The summed E-state index contributed by atoms with van der Waals surface area (Å²) in [4.78, 5) is 15.2. The monoisotopic (exact) mass is 271 g/mol. The van der Waals surface area contributed by atoms with E-state index in [-0.39, 0.29) is 0 Å². The second-order valence-corrected chi connectivity index (χ2v) is 4.98. The number of nitroso groups, excluding NO2 is 1. The molecular formula is C16H21N3O. The second kappa shape index (κ2) is 6.98. The summed E-state index contributed by atoms with van der Waals surface area (Å²) in [6.45, 7) is 4.30. The van der Waals surface area contributed by atoms with Crippen molar-refractivity contribution in [2.24, 2.45) is 5.18 Å². The molecule has 1 heterocycles. The predicted molar refractivity (Wildman–Crippen MR) is 80.6 cm³/mol. The van der Waals surface area contributed by atoms with Crippen molar-refractivity contribution in [3.8, 4) is 0 Å². The van der Waals surface area contributed by atoms with Crippen LogP contribution in [0.4, 0.5) is 0 Å². The average Bonchev–Trinajstić information content (AvgIpc) is 3.00. The maximum Gasteiger partial charge on any atom is 0.194 e. The highest BCUT2D eigenvalue weighted by Crippen LogP contribution is 2.25. The number of hydrogen-bond acceptors (Lipinski definition) is 3. The minimum atomic E-state index is -0.521. The number of nitrogens with zero attached hydrogens (tertiary/aromatic N) is 3. The summed E-state index contributed by atoms with van der Waals surface area (Å²) in [5.41, 5.74) is 3.50. The Hall–Kier alpha value is -1.97. The van der Waals surface area contributed by atoms with Gasteiger partial charge in [-0.2, -0.15) is 0 Å². The van der Waals surface area contributed by atoms with Crippen molar-refractivity contribution >= 4 is 0 Å². The Labute approximate surface area is 119 Å². The van der Waals surface area contributed by atoms with Gasteiger partial charge < -0.3 is 4.57 Å². The summed E-state index contributed by atoms with van der Waals surface area (Å²) < 4.78 is 1.74. The Morgan fingerprint density at radius 3 is 2.80 bits per heavy atom. The normalized spacial score (nSPS) is 12.3. The molecule has 1 atom stereocenters. The van der Waals surface area contributed by atoms with Gasteiger partial charge in [-0.05, 0) is 35.6 Å². The standard InChI is InChI=1S/C16H21N3O/c1-3-5-6-13-7-8-15(14(4-2)11-13)16(18-20)19-10-9-17-12-19/h7-12,16H,3-6H2,1-2H3. The van der Waals surface area contributed by atoms with Gasteiger partial charge in [-0.1, -0.05) is 38.5 Å². The van der Waals surface area contributed by atoms with Gasteiger partial charge in [-0.3, -0.25) is 0 Å². The van der Waals surface area contributed by atoms with Crippen LogP contribution in [0, 0.1) is 4.91 Å². The van der Waals surface area contributed by atoms with Crippen molar-refractivity contribution < 1.29 is 0 Å². The fourth-order valence-electron chi connectivity index (χ4n) is 2.44. The van der Waals surface area contributed by atoms with Crippen LogP contribution in [0.25, 0.3) is 0 Å². The molecule has 1 unspecified atom stereocenters. The van der Waals surface area contributed by atoms with Gasteiger partial charge in [0.1, 0.15) is 0 Å². The maximum atomic E-state index is 11.2. The van der Waals surface area contributed by atoms with Crippen molar-refractivity contribution in [2.75, 3.05) is 0 Å². The highest BCUT2D eigenvalue weighted by molar-refractivity contribution is 5.35. The molecule has 1 aromatic carbocycles. The summed E-state index contributed by atoms with van der Waals surface area (Å²) in [6, 6.07) is 6.36. The van der Waals surface area contributed by atoms with E-state index < -0.39 is 6.17 Å². The SMILES string of the molecule is CCCCc1ccc(C(N=O)n2ccnc2)c(CC)c1. The van der Waals surface area contributed by atoms with Crippen LogP contribution in [0.5, 0.6) is 0 Å². The molecule has 0 saturated heterocycles. The molecule has 2 rings (SSSR count). The smallest absolute Gasteiger partial charge is 0.194 e. The van der Waals surface area contributed by atoms with E-state index in [0.717, 1.165) is 18.4 Å². The number of imidazole rings is 1. The lowest BCUT2D eigenvalue weighted by atomic mass is 9.97. The predicted octanol–water partition coefficient (Wildman–Crippen LogP) is 4.10. The lowest BCUT2D eigenvalue weighted by Crippen LogP contribution is -2.09. The van der Waals surface area contributed by atoms with Crippen LogP contribution in [-0.4, -0.2) is 9.55 Å². The molecule has 0 fully saturated rings. The molecule has 0 N–H and O–H groups in total. The molecule has 0 aliphatic carbocycles. The van der Waals surface area contributed by atoms with E-state index >= 15 is 0 Å². The molecule has 0 radical (unpaired) electrons. The topological polar surface area (TPSA) is 47.2 Å². The molecule has 20 heavy (non-hydrogen) atoms. The van der Waals surface area contributed by atoms with Crippen LogP contribution in [-0.2, 0) is 12.8 Å². The number of benzene rings is 1. The largest absolute Gasteiger partial charge is 0.308 e. The van der Waals surface area contributed by atoms with E-state index in [0.29, 0.717) is 0 Å². The lowest BCUT2D eigenvalue weighted by Gasteiger charge is -2.16. The van der Waals surface area contributed by atoms with Gasteiger partial charge in [0, 0.05) is 18.0 Å². The Morgan fingerprint density at radius 1 is 1.35 bits per heavy atom. The number of aromatic nitrogens is 2. The van der Waals surface area contributed by atoms with Crippen LogP contribution in [0.2, 0.25) is 0 Å². The van der Waals surface area contributed by atoms with Gasteiger partial charge in [-0.25, -0.2) is 4.98 Å². The maximum absolute atomic E-state index is 11.2. The van der Waals surface area contributed by atoms with Crippen LogP contribution in [0.1, 0.15) is 49.5 Å². The van der Waals surface area contributed by atoms with Crippen molar-refractivity contribution in [2.45, 2.75) is 45.7 Å². The Bertz CT molecular complexity index is 549. The van der Waals surface area contributed by atoms with Crippen molar-refractivity contribution in [3.05, 3.63) is 58.5 Å². The minimum absolute atomic E-state index is 0.521. The first-order valence-corrected chi connectivity index (χ1v) is 7.21. The number of unbranched alkanes of at least 4 members (excludes halogenated alkanes) is 1. The lowest BCUT2D eigenvalue weighted by molar-refractivity contribution is 0.601. The van der Waals surface area contributed by atoms with E-state index in [9.17, 15) is 4.91 Å². The van der Waals surface area contributed by atoms with E-state index in [1.54, 1.807) is 23.3 Å². The van der Waals surface area contributed by atoms with Gasteiger partial charge >= 0.3 is 0 Å². The summed E-state index contributed by atoms with van der Waals surface area (Å²) in [5.74, 6) is 0. The highest BCUT2D eigenvalue weighted by atomic mass is 16.3. The summed E-state index contributed by atoms with van der Waals surface area (Å²) >= 11 is 0. The molecule has 0 spiro atoms. The quantitative estimate of drug-likeness (QED) is 0.712. The average molecular weight is 271 g/mol. The van der Waals surface area contributed by atoms with Crippen LogP contribution in [0.3, 0.4) is 0 Å². The van der Waals surface area contributed by atoms with Gasteiger partial charge in [0.05, 0.1) is 6.33 Å². The summed E-state index contributed by atoms with van der Waals surface area (Å²) in [7, 11) is 0. The molecule has 0 bridgehead atoms. The Morgan fingerprint density at radius 2 is 2.20 bits per heavy atom. The fraction of sp³-hybridized carbons (Fsp3) is 0.438. The number of aryl methyl sites for hydroxylation is 2. The first-order valence-electron chi connectivity index (χ1n) is 7.21. The van der Waals surface area contributed by atoms with Gasteiger partial charge in [0.2, 0.25) is 0 Å². The van der Waals surface area contributed by atoms with Gasteiger partial charge in [0.25, 0.3) is 0 Å². The fourth-order valence-corrected chi connectivity index (χ4v) is 2.44. The molecule has 1 aromatic heterocycles. The van der Waals surface area contributed by atoms with E-state index in [2.05, 4.69) is 36.1 Å². The third-order valence-electron chi connectivity index (χ3n) is 3.59. The van der Waals surface area contributed by atoms with Crippen molar-refractivity contribution in [1.82, 2.24) is 9.55 Å². The molecule has 0 aliphatic heterocycles. The first-order chi connectivity index (χ1) is 9.80. The minimum Gasteiger partial charge on any atom is -0.308 e. The highest BCUT2D eigenvalue weighted by Gasteiger charge is 2.17. The Kier molecular flexibility index (Phi) is 5.04. The van der Waals surface area contributed by atoms with E-state index in [1.165, 1.54) is 24.0 Å². The van der Waals surface area contributed by atoms with Crippen LogP contribution >= 0.6 is 0 Å². The number of hydrogen-bond donors (Lipinski definition) is 0. The Balaban J connectivity index is 2.32. The zero-order chi connectivity index (χ0) is 14.4. The van der Waals surface area contributed by atoms with Crippen molar-refractivity contribution in [3.63, 3.8) is 0 Å². The molecular weight excluding hydrogens is 250 g/mol. The van der Waals surface area contributed by atoms with Gasteiger partial charge in [0.15, 0.2) is 6.17 Å². The molecule has 0 aliphatic rings. The van der Waals surface area contributed by atoms with Crippen LogP contribution in [0.15, 0.2) is 42.1 Å². The first kappa shape index (κ1) is 14.4. The van der Waals surface area contributed by atoms with Crippen LogP contribution < -0.4 is 0 Å². The third kappa shape index (κ3) is 3.13. The molecule has 2 aromatic rings. The third-order valence-corrected chi connectivity index (χ3v) is 3.59. The summed E-state index contributed by atoms with van der Waals surface area (Å²) in [6.07, 6.45) is 8.93. The van der Waals surface area contributed by atoms with E-state index in [1.807, 2.05) is 6.07 Å². The molecule has 0 amide bonds. The molecule has 0 saturated carbocycles. The molecule has 106 valence electrons. The second-order valence-electron chi connectivity index (χ2n) is 4.98. The zero-order valence-electron chi connectivity index (χ0n) is 12.1. The molecule has 4 heteroatoms. The van der Waals surface area contributed by atoms with Crippen molar-refractivity contribution in [1.29, 1.82) is 0 Å². The zero-order valence-corrected chi connectivity index (χ0v) is 12.1. The molecule has 4 nitrogen and oxygen atoms in total. The van der Waals surface area contributed by atoms with E-state index in [4.69, 9.17) is 0 Å². The van der Waals surface area contributed by atoms with Gasteiger partial charge in [-0.15, -0.1) is 4.91 Å². The number of rotatable bonds is 7.